The largest absolute Gasteiger partial charge is 0.293 e. The number of aromatic nitrogens is 1. The van der Waals surface area contributed by atoms with Crippen LogP contribution in [-0.2, 0) is 0 Å². The first-order chi connectivity index (χ1) is 7.84. The molecule has 2 heterocycles. The molecule has 2 rings (SSSR count). The molecule has 1 fully saturated rings. The quantitative estimate of drug-likeness (QED) is 0.425. The molecular formula is C11H16ClIN2S2. The van der Waals surface area contributed by atoms with Crippen LogP contribution in [0.3, 0.4) is 0 Å². The van der Waals surface area contributed by atoms with Gasteiger partial charge in [-0.05, 0) is 47.7 Å². The van der Waals surface area contributed by atoms with Gasteiger partial charge < -0.3 is 0 Å². The van der Waals surface area contributed by atoms with Crippen LogP contribution in [0.5, 0.6) is 0 Å². The summed E-state index contributed by atoms with van der Waals surface area (Å²) >= 11 is 6.20. The van der Waals surface area contributed by atoms with E-state index in [4.69, 9.17) is 0 Å². The van der Waals surface area contributed by atoms with Gasteiger partial charge in [-0.15, -0.1) is 35.9 Å². The predicted octanol–water partition coefficient (Wildman–Crippen LogP) is 3.60. The average Bonchev–Trinajstić information content (AvgIpc) is 2.80. The van der Waals surface area contributed by atoms with Gasteiger partial charge in [0, 0.05) is 33.7 Å². The van der Waals surface area contributed by atoms with E-state index in [1.165, 1.54) is 40.5 Å². The van der Waals surface area contributed by atoms with Gasteiger partial charge in [-0.3, -0.25) is 4.90 Å². The Labute approximate surface area is 131 Å². The van der Waals surface area contributed by atoms with E-state index in [0.29, 0.717) is 0 Å². The second-order valence-electron chi connectivity index (χ2n) is 3.67. The highest BCUT2D eigenvalue weighted by atomic mass is 127. The molecule has 0 atom stereocenters. The summed E-state index contributed by atoms with van der Waals surface area (Å²) in [6, 6.07) is 4.23. The molecule has 0 saturated carbocycles. The van der Waals surface area contributed by atoms with Crippen molar-refractivity contribution in [1.29, 1.82) is 0 Å². The molecule has 0 radical (unpaired) electrons. The minimum Gasteiger partial charge on any atom is -0.293 e. The first-order valence-corrected chi connectivity index (χ1v) is 8.61. The molecule has 0 aromatic carbocycles. The fourth-order valence-corrected chi connectivity index (χ4v) is 3.67. The Morgan fingerprint density at radius 2 is 2.35 bits per heavy atom. The second-order valence-corrected chi connectivity index (χ2v) is 7.11. The highest BCUT2D eigenvalue weighted by molar-refractivity contribution is 14.1. The van der Waals surface area contributed by atoms with Crippen LogP contribution in [0.25, 0.3) is 0 Å². The van der Waals surface area contributed by atoms with E-state index in [2.05, 4.69) is 44.6 Å². The molecule has 0 unspecified atom stereocenters. The molecule has 0 aliphatic carbocycles. The number of halogens is 2. The number of hydrogen-bond donors (Lipinski definition) is 0. The molecule has 0 bridgehead atoms. The summed E-state index contributed by atoms with van der Waals surface area (Å²) in [7, 11) is 0. The Balaban J connectivity index is 0.00000144. The highest BCUT2D eigenvalue weighted by Gasteiger charge is 2.10. The van der Waals surface area contributed by atoms with Crippen molar-refractivity contribution in [3.8, 4) is 0 Å². The van der Waals surface area contributed by atoms with Crippen LogP contribution in [0.1, 0.15) is 6.42 Å². The zero-order valence-corrected chi connectivity index (χ0v) is 14.1. The summed E-state index contributed by atoms with van der Waals surface area (Å²) in [5, 5.41) is 1.15. The summed E-state index contributed by atoms with van der Waals surface area (Å²) in [6.07, 6.45) is 3.19. The molecule has 1 aliphatic heterocycles. The molecule has 2 nitrogen and oxygen atoms in total. The molecule has 6 heteroatoms. The number of nitrogens with zero attached hydrogens (tertiary/aromatic N) is 2. The van der Waals surface area contributed by atoms with Crippen LogP contribution >= 0.6 is 58.5 Å². The lowest BCUT2D eigenvalue weighted by Gasteiger charge is -2.12. The zero-order valence-electron chi connectivity index (χ0n) is 9.47. The highest BCUT2D eigenvalue weighted by Crippen LogP contribution is 2.18. The van der Waals surface area contributed by atoms with Crippen molar-refractivity contribution in [2.45, 2.75) is 11.4 Å². The molecule has 0 spiro atoms. The van der Waals surface area contributed by atoms with E-state index in [1.807, 2.05) is 29.7 Å². The first-order valence-electron chi connectivity index (χ1n) is 5.39. The van der Waals surface area contributed by atoms with E-state index in [1.54, 1.807) is 0 Å². The van der Waals surface area contributed by atoms with Gasteiger partial charge in [0.15, 0.2) is 0 Å². The molecule has 0 N–H and O–H groups in total. The Morgan fingerprint density at radius 1 is 1.47 bits per heavy atom. The summed E-state index contributed by atoms with van der Waals surface area (Å²) in [5.41, 5.74) is 0. The Morgan fingerprint density at radius 3 is 3.00 bits per heavy atom. The Hall–Kier alpha value is 0.830. The molecule has 1 saturated heterocycles. The van der Waals surface area contributed by atoms with Crippen molar-refractivity contribution in [3.63, 3.8) is 0 Å². The SMILES string of the molecule is Cl.Ic1ccc(SCCCN2CCSC2)nc1. The van der Waals surface area contributed by atoms with E-state index < -0.39 is 0 Å². The third kappa shape index (κ3) is 6.00. The van der Waals surface area contributed by atoms with Gasteiger partial charge in [0.05, 0.1) is 5.03 Å². The normalized spacial score (nSPS) is 15.8. The van der Waals surface area contributed by atoms with E-state index >= 15 is 0 Å². The number of rotatable bonds is 5. The van der Waals surface area contributed by atoms with Gasteiger partial charge in [0.25, 0.3) is 0 Å². The molecule has 1 aliphatic rings. The number of hydrogen-bond acceptors (Lipinski definition) is 4. The van der Waals surface area contributed by atoms with Gasteiger partial charge in [0.2, 0.25) is 0 Å². The van der Waals surface area contributed by atoms with Crippen molar-refractivity contribution in [3.05, 3.63) is 21.9 Å². The van der Waals surface area contributed by atoms with Crippen molar-refractivity contribution < 1.29 is 0 Å². The van der Waals surface area contributed by atoms with Crippen LogP contribution in [-0.4, -0.2) is 40.4 Å². The summed E-state index contributed by atoms with van der Waals surface area (Å²) in [4.78, 5) is 6.92. The summed E-state index contributed by atoms with van der Waals surface area (Å²) < 4.78 is 1.20. The van der Waals surface area contributed by atoms with Crippen LogP contribution < -0.4 is 0 Å². The molecular weight excluding hydrogens is 387 g/mol. The monoisotopic (exact) mass is 402 g/mol. The summed E-state index contributed by atoms with van der Waals surface area (Å²) in [6.45, 7) is 2.52. The average molecular weight is 403 g/mol. The van der Waals surface area contributed by atoms with Gasteiger partial charge >= 0.3 is 0 Å². The van der Waals surface area contributed by atoms with E-state index in [-0.39, 0.29) is 12.4 Å². The zero-order chi connectivity index (χ0) is 11.2. The van der Waals surface area contributed by atoms with Crippen molar-refractivity contribution >= 4 is 58.5 Å². The fraction of sp³-hybridized carbons (Fsp3) is 0.545. The van der Waals surface area contributed by atoms with Crippen molar-refractivity contribution in [2.24, 2.45) is 0 Å². The summed E-state index contributed by atoms with van der Waals surface area (Å²) in [5.74, 6) is 3.72. The Bertz CT molecular complexity index is 318. The van der Waals surface area contributed by atoms with Crippen LogP contribution in [0.2, 0.25) is 0 Å². The topological polar surface area (TPSA) is 16.1 Å². The number of pyridine rings is 1. The predicted molar refractivity (Wildman–Crippen MR) is 88.4 cm³/mol. The van der Waals surface area contributed by atoms with Crippen LogP contribution in [0, 0.1) is 3.57 Å². The van der Waals surface area contributed by atoms with Crippen molar-refractivity contribution in [1.82, 2.24) is 9.88 Å². The van der Waals surface area contributed by atoms with Gasteiger partial charge in [-0.1, -0.05) is 0 Å². The number of thioether (sulfide) groups is 2. The lowest BCUT2D eigenvalue weighted by Crippen LogP contribution is -2.20. The smallest absolute Gasteiger partial charge is 0.0960 e. The maximum atomic E-state index is 4.39. The third-order valence-electron chi connectivity index (χ3n) is 2.39. The lowest BCUT2D eigenvalue weighted by atomic mass is 10.4. The van der Waals surface area contributed by atoms with Gasteiger partial charge in [0.1, 0.15) is 0 Å². The van der Waals surface area contributed by atoms with Crippen LogP contribution in [0.15, 0.2) is 23.4 Å². The molecule has 96 valence electrons. The lowest BCUT2D eigenvalue weighted by molar-refractivity contribution is 0.358. The van der Waals surface area contributed by atoms with Crippen LogP contribution in [0.4, 0.5) is 0 Å². The third-order valence-corrected chi connectivity index (χ3v) is 5.08. The fourth-order valence-electron chi connectivity index (χ4n) is 1.54. The molecule has 1 aromatic rings. The molecule has 17 heavy (non-hydrogen) atoms. The first kappa shape index (κ1) is 15.9. The Kier molecular flexibility index (Phi) is 8.27. The maximum absolute atomic E-state index is 4.39. The molecule has 1 aromatic heterocycles. The van der Waals surface area contributed by atoms with Gasteiger partial charge in [-0.2, -0.15) is 0 Å². The molecule has 0 amide bonds. The minimum absolute atomic E-state index is 0. The maximum Gasteiger partial charge on any atom is 0.0960 e. The van der Waals surface area contributed by atoms with Gasteiger partial charge in [-0.25, -0.2) is 4.98 Å². The second kappa shape index (κ2) is 8.85. The van der Waals surface area contributed by atoms with Crippen molar-refractivity contribution in [2.75, 3.05) is 30.5 Å². The standard InChI is InChI=1S/C11H15IN2S2.ClH/c12-10-2-3-11(13-8-10)16-6-1-4-14-5-7-15-9-14;/h2-3,8H,1,4-7,9H2;1H. The van der Waals surface area contributed by atoms with E-state index in [9.17, 15) is 0 Å². The van der Waals surface area contributed by atoms with E-state index in [0.717, 1.165) is 5.03 Å². The minimum atomic E-state index is 0.